The highest BCUT2D eigenvalue weighted by molar-refractivity contribution is 7.80. The molecule has 2 N–H and O–H groups in total. The number of amides is 1. The number of aryl methyl sites for hydroxylation is 1. The topological polar surface area (TPSA) is 50.4 Å². The Labute approximate surface area is 147 Å². The Morgan fingerprint density at radius 2 is 1.83 bits per heavy atom. The summed E-state index contributed by atoms with van der Waals surface area (Å²) in [6.07, 6.45) is 2.72. The first-order valence-corrected chi connectivity index (χ1v) is 8.07. The van der Waals surface area contributed by atoms with E-state index in [0.29, 0.717) is 30.9 Å². The molecule has 0 aliphatic carbocycles. The first-order valence-electron chi connectivity index (χ1n) is 7.66. The van der Waals surface area contributed by atoms with Crippen molar-refractivity contribution in [2.24, 2.45) is 0 Å². The van der Waals surface area contributed by atoms with Gasteiger partial charge in [-0.15, -0.1) is 0 Å². The van der Waals surface area contributed by atoms with Gasteiger partial charge in [-0.2, -0.15) is 0 Å². The molecule has 24 heavy (non-hydrogen) atoms. The molecular formula is C19H20N2O2S. The number of hydrogen-bond acceptors (Lipinski definition) is 3. The highest BCUT2D eigenvalue weighted by Crippen LogP contribution is 2.23. The first-order chi connectivity index (χ1) is 11.7. The first kappa shape index (κ1) is 17.7. The summed E-state index contributed by atoms with van der Waals surface area (Å²) in [6, 6.07) is 17.3. The van der Waals surface area contributed by atoms with Crippen molar-refractivity contribution in [3.05, 3.63) is 72.8 Å². The largest absolute Gasteiger partial charge is 0.487 e. The van der Waals surface area contributed by atoms with Crippen molar-refractivity contribution in [3.63, 3.8) is 0 Å². The summed E-state index contributed by atoms with van der Waals surface area (Å²) in [6.45, 7) is 4.02. The summed E-state index contributed by atoms with van der Waals surface area (Å²) < 4.78 is 5.54. The minimum Gasteiger partial charge on any atom is -0.487 e. The SMILES string of the molecule is C=CCOc1ccccc1NC(=S)NC(=O)CCc1ccccc1. The Balaban J connectivity index is 1.84. The van der Waals surface area contributed by atoms with Gasteiger partial charge >= 0.3 is 0 Å². The van der Waals surface area contributed by atoms with Crippen LogP contribution in [0.2, 0.25) is 0 Å². The molecule has 5 heteroatoms. The zero-order chi connectivity index (χ0) is 17.2. The van der Waals surface area contributed by atoms with E-state index in [1.165, 1.54) is 0 Å². The van der Waals surface area contributed by atoms with Gasteiger partial charge in [0, 0.05) is 6.42 Å². The Hall–Kier alpha value is -2.66. The molecule has 0 saturated carbocycles. The fraction of sp³-hybridized carbons (Fsp3) is 0.158. The lowest BCUT2D eigenvalue weighted by Crippen LogP contribution is -2.34. The lowest BCUT2D eigenvalue weighted by molar-refractivity contribution is -0.119. The second-order valence-corrected chi connectivity index (χ2v) is 5.49. The molecule has 124 valence electrons. The van der Waals surface area contributed by atoms with Gasteiger partial charge in [-0.3, -0.25) is 4.79 Å². The van der Waals surface area contributed by atoms with Gasteiger partial charge in [0.25, 0.3) is 0 Å². The van der Waals surface area contributed by atoms with E-state index in [1.807, 2.05) is 54.6 Å². The number of hydrogen-bond donors (Lipinski definition) is 2. The molecule has 2 aromatic carbocycles. The molecule has 0 unspecified atom stereocenters. The second-order valence-electron chi connectivity index (χ2n) is 5.08. The van der Waals surface area contributed by atoms with Gasteiger partial charge in [-0.05, 0) is 36.3 Å². The van der Waals surface area contributed by atoms with Crippen LogP contribution >= 0.6 is 12.2 Å². The molecular weight excluding hydrogens is 320 g/mol. The summed E-state index contributed by atoms with van der Waals surface area (Å²) in [5, 5.41) is 5.93. The van der Waals surface area contributed by atoms with Gasteiger partial charge in [0.15, 0.2) is 5.11 Å². The standard InChI is InChI=1S/C19H20N2O2S/c1-2-14-23-17-11-7-6-10-16(17)20-19(24)21-18(22)13-12-15-8-4-3-5-9-15/h2-11H,1,12-14H2,(H2,20,21,22,24). The summed E-state index contributed by atoms with van der Waals surface area (Å²) >= 11 is 5.20. The van der Waals surface area contributed by atoms with Gasteiger partial charge in [0.1, 0.15) is 12.4 Å². The quantitative estimate of drug-likeness (QED) is 0.596. The van der Waals surface area contributed by atoms with Crippen LogP contribution in [-0.2, 0) is 11.2 Å². The third kappa shape index (κ3) is 5.85. The third-order valence-corrected chi connectivity index (χ3v) is 3.43. The minimum absolute atomic E-state index is 0.124. The van der Waals surface area contributed by atoms with Crippen molar-refractivity contribution in [2.75, 3.05) is 11.9 Å². The van der Waals surface area contributed by atoms with Crippen LogP contribution in [0, 0.1) is 0 Å². The number of carbonyl (C=O) groups excluding carboxylic acids is 1. The number of carbonyl (C=O) groups is 1. The molecule has 0 radical (unpaired) electrons. The number of ether oxygens (including phenoxy) is 1. The molecule has 4 nitrogen and oxygen atoms in total. The van der Waals surface area contributed by atoms with Crippen LogP contribution in [-0.4, -0.2) is 17.6 Å². The molecule has 0 bridgehead atoms. The number of nitrogens with one attached hydrogen (secondary N) is 2. The highest BCUT2D eigenvalue weighted by Gasteiger charge is 2.08. The van der Waals surface area contributed by atoms with Gasteiger partial charge in [0.05, 0.1) is 5.69 Å². The van der Waals surface area contributed by atoms with E-state index in [2.05, 4.69) is 17.2 Å². The van der Waals surface area contributed by atoms with Crippen LogP contribution in [0.5, 0.6) is 5.75 Å². The smallest absolute Gasteiger partial charge is 0.226 e. The number of anilines is 1. The Morgan fingerprint density at radius 1 is 1.12 bits per heavy atom. The monoisotopic (exact) mass is 340 g/mol. The molecule has 1 amide bonds. The van der Waals surface area contributed by atoms with Gasteiger partial charge in [-0.1, -0.05) is 55.1 Å². The summed E-state index contributed by atoms with van der Waals surface area (Å²) in [7, 11) is 0. The molecule has 0 fully saturated rings. The maximum Gasteiger partial charge on any atom is 0.226 e. The van der Waals surface area contributed by atoms with Gasteiger partial charge < -0.3 is 15.4 Å². The van der Waals surface area contributed by atoms with Crippen molar-refractivity contribution < 1.29 is 9.53 Å². The van der Waals surface area contributed by atoms with E-state index in [4.69, 9.17) is 17.0 Å². The summed E-state index contributed by atoms with van der Waals surface area (Å²) in [5.74, 6) is 0.527. The lowest BCUT2D eigenvalue weighted by atomic mass is 10.1. The van der Waals surface area contributed by atoms with E-state index >= 15 is 0 Å². The number of para-hydroxylation sites is 2. The van der Waals surface area contributed by atoms with E-state index in [1.54, 1.807) is 6.08 Å². The van der Waals surface area contributed by atoms with Crippen LogP contribution in [0.3, 0.4) is 0 Å². The van der Waals surface area contributed by atoms with Crippen LogP contribution in [0.4, 0.5) is 5.69 Å². The third-order valence-electron chi connectivity index (χ3n) is 3.23. The van der Waals surface area contributed by atoms with Crippen molar-refractivity contribution in [3.8, 4) is 5.75 Å². The predicted octanol–water partition coefficient (Wildman–Crippen LogP) is 3.70. The number of thiocarbonyl (C=S) groups is 1. The van der Waals surface area contributed by atoms with Gasteiger partial charge in [0.2, 0.25) is 5.91 Å². The predicted molar refractivity (Wildman–Crippen MR) is 101 cm³/mol. The molecule has 2 aromatic rings. The second kappa shape index (κ2) is 9.47. The number of benzene rings is 2. The van der Waals surface area contributed by atoms with Crippen molar-refractivity contribution >= 4 is 28.9 Å². The van der Waals surface area contributed by atoms with Crippen LogP contribution in [0.25, 0.3) is 0 Å². The van der Waals surface area contributed by atoms with Crippen LogP contribution < -0.4 is 15.4 Å². The molecule has 0 aliphatic rings. The average Bonchev–Trinajstić information content (AvgIpc) is 2.60. The average molecular weight is 340 g/mol. The fourth-order valence-corrected chi connectivity index (χ4v) is 2.31. The Morgan fingerprint density at radius 3 is 2.58 bits per heavy atom. The fourth-order valence-electron chi connectivity index (χ4n) is 2.09. The number of rotatable bonds is 7. The zero-order valence-electron chi connectivity index (χ0n) is 13.3. The van der Waals surface area contributed by atoms with Gasteiger partial charge in [-0.25, -0.2) is 0 Å². The van der Waals surface area contributed by atoms with E-state index in [-0.39, 0.29) is 11.0 Å². The van der Waals surface area contributed by atoms with E-state index in [0.717, 1.165) is 5.56 Å². The normalized spacial score (nSPS) is 9.83. The molecule has 0 heterocycles. The minimum atomic E-state index is -0.124. The molecule has 0 saturated heterocycles. The molecule has 0 spiro atoms. The maximum absolute atomic E-state index is 12.0. The Kier molecular flexibility index (Phi) is 6.98. The molecule has 0 aliphatic heterocycles. The zero-order valence-corrected chi connectivity index (χ0v) is 14.1. The lowest BCUT2D eigenvalue weighted by Gasteiger charge is -2.13. The summed E-state index contributed by atoms with van der Waals surface area (Å²) in [4.78, 5) is 12.0. The van der Waals surface area contributed by atoms with Crippen molar-refractivity contribution in [1.29, 1.82) is 0 Å². The van der Waals surface area contributed by atoms with Crippen LogP contribution in [0.15, 0.2) is 67.3 Å². The maximum atomic E-state index is 12.0. The van der Waals surface area contributed by atoms with Crippen molar-refractivity contribution in [2.45, 2.75) is 12.8 Å². The van der Waals surface area contributed by atoms with Crippen molar-refractivity contribution in [1.82, 2.24) is 5.32 Å². The van der Waals surface area contributed by atoms with E-state index < -0.39 is 0 Å². The summed E-state index contributed by atoms with van der Waals surface area (Å²) in [5.41, 5.74) is 1.82. The molecule has 0 aromatic heterocycles. The molecule has 0 atom stereocenters. The van der Waals surface area contributed by atoms with Crippen LogP contribution in [0.1, 0.15) is 12.0 Å². The molecule has 2 rings (SSSR count). The Bertz CT molecular complexity index is 702. The van der Waals surface area contributed by atoms with E-state index in [9.17, 15) is 4.79 Å². The highest BCUT2D eigenvalue weighted by atomic mass is 32.1.